The van der Waals surface area contributed by atoms with E-state index in [-0.39, 0.29) is 12.2 Å². The van der Waals surface area contributed by atoms with Crippen molar-refractivity contribution in [3.8, 4) is 0 Å². The molecule has 0 radical (unpaired) electrons. The van der Waals surface area contributed by atoms with E-state index in [0.29, 0.717) is 6.04 Å². The number of rotatable bonds is 2. The minimum Gasteiger partial charge on any atom is -0.447 e. The van der Waals surface area contributed by atoms with Gasteiger partial charge in [-0.15, -0.1) is 0 Å². The maximum atomic E-state index is 11.5. The molecule has 0 aromatic heterocycles. The molecule has 2 aliphatic heterocycles. The summed E-state index contributed by atoms with van der Waals surface area (Å²) in [7, 11) is 0. The highest BCUT2D eigenvalue weighted by molar-refractivity contribution is 5.69. The lowest BCUT2D eigenvalue weighted by atomic mass is 10.1. The molecule has 0 bridgehead atoms. The van der Waals surface area contributed by atoms with Gasteiger partial charge in [0.2, 0.25) is 0 Å². The highest BCUT2D eigenvalue weighted by atomic mass is 16.6. The van der Waals surface area contributed by atoms with Crippen LogP contribution in [0.25, 0.3) is 0 Å². The topological polar surface area (TPSA) is 44.8 Å². The molecule has 16 heavy (non-hydrogen) atoms. The average Bonchev–Trinajstić information content (AvgIpc) is 2.15. The molecule has 0 saturated carbocycles. The van der Waals surface area contributed by atoms with Crippen LogP contribution in [0.15, 0.2) is 0 Å². The summed E-state index contributed by atoms with van der Waals surface area (Å²) < 4.78 is 5.15. The summed E-state index contributed by atoms with van der Waals surface area (Å²) in [6.07, 6.45) is -0.188. The monoisotopic (exact) mass is 227 g/mol. The zero-order chi connectivity index (χ0) is 11.5. The second-order valence-corrected chi connectivity index (χ2v) is 4.78. The normalized spacial score (nSPS) is 23.3. The van der Waals surface area contributed by atoms with Crippen molar-refractivity contribution < 1.29 is 9.53 Å². The van der Waals surface area contributed by atoms with Gasteiger partial charge in [0.1, 0.15) is 0 Å². The first-order chi connectivity index (χ1) is 7.66. The maximum absolute atomic E-state index is 11.5. The van der Waals surface area contributed by atoms with Gasteiger partial charge < -0.3 is 15.0 Å². The van der Waals surface area contributed by atoms with Crippen LogP contribution < -0.4 is 5.32 Å². The number of amides is 1. The van der Waals surface area contributed by atoms with Gasteiger partial charge in [0.15, 0.2) is 0 Å². The number of carbonyl (C=O) groups is 1. The molecule has 0 aromatic rings. The Bertz CT molecular complexity index is 246. The third kappa shape index (κ3) is 2.65. The van der Waals surface area contributed by atoms with Gasteiger partial charge in [-0.05, 0) is 13.8 Å². The standard InChI is InChI=1S/C11H21N3O2/c1-9(2)16-11(15)14-7-10(8-14)13-5-3-12-4-6-13/h9-10,12H,3-8H2,1-2H3. The lowest BCUT2D eigenvalue weighted by Crippen LogP contribution is -2.64. The highest BCUT2D eigenvalue weighted by Gasteiger charge is 2.36. The van der Waals surface area contributed by atoms with Crippen LogP contribution in [-0.2, 0) is 4.74 Å². The predicted octanol–water partition coefficient (Wildman–Crippen LogP) is 0.121. The number of nitrogens with one attached hydrogen (secondary N) is 1. The predicted molar refractivity (Wildman–Crippen MR) is 61.4 cm³/mol. The molecular formula is C11H21N3O2. The molecular weight excluding hydrogens is 206 g/mol. The Morgan fingerprint density at radius 2 is 1.94 bits per heavy atom. The fraction of sp³-hybridized carbons (Fsp3) is 0.909. The molecule has 2 heterocycles. The quantitative estimate of drug-likeness (QED) is 0.728. The minimum absolute atomic E-state index is 0.0225. The molecule has 2 fully saturated rings. The van der Waals surface area contributed by atoms with Crippen molar-refractivity contribution in [1.82, 2.24) is 15.1 Å². The molecule has 0 aromatic carbocycles. The van der Waals surface area contributed by atoms with Crippen molar-refractivity contribution in [3.63, 3.8) is 0 Å². The number of hydrogen-bond donors (Lipinski definition) is 1. The van der Waals surface area contributed by atoms with E-state index in [0.717, 1.165) is 39.3 Å². The number of nitrogens with zero attached hydrogens (tertiary/aromatic N) is 2. The van der Waals surface area contributed by atoms with E-state index >= 15 is 0 Å². The van der Waals surface area contributed by atoms with Crippen LogP contribution >= 0.6 is 0 Å². The molecule has 0 atom stereocenters. The number of likely N-dealkylation sites (tertiary alicyclic amines) is 1. The zero-order valence-electron chi connectivity index (χ0n) is 10.1. The van der Waals surface area contributed by atoms with E-state index in [1.165, 1.54) is 0 Å². The summed E-state index contributed by atoms with van der Waals surface area (Å²) in [5.74, 6) is 0. The molecule has 2 aliphatic rings. The van der Waals surface area contributed by atoms with E-state index in [2.05, 4.69) is 10.2 Å². The molecule has 1 amide bonds. The molecule has 2 rings (SSSR count). The van der Waals surface area contributed by atoms with E-state index < -0.39 is 0 Å². The second kappa shape index (κ2) is 5.01. The molecule has 5 heteroatoms. The van der Waals surface area contributed by atoms with Crippen LogP contribution in [0, 0.1) is 0 Å². The maximum Gasteiger partial charge on any atom is 0.410 e. The molecule has 2 saturated heterocycles. The van der Waals surface area contributed by atoms with Crippen molar-refractivity contribution in [2.75, 3.05) is 39.3 Å². The lowest BCUT2D eigenvalue weighted by molar-refractivity contribution is 0.00749. The summed E-state index contributed by atoms with van der Waals surface area (Å²) in [5, 5.41) is 3.33. The van der Waals surface area contributed by atoms with E-state index in [1.54, 1.807) is 4.90 Å². The molecule has 5 nitrogen and oxygen atoms in total. The molecule has 0 spiro atoms. The van der Waals surface area contributed by atoms with Crippen LogP contribution in [0.5, 0.6) is 0 Å². The summed E-state index contributed by atoms with van der Waals surface area (Å²) in [6, 6.07) is 0.543. The minimum atomic E-state index is -0.165. The SMILES string of the molecule is CC(C)OC(=O)N1CC(N2CCNCC2)C1. The highest BCUT2D eigenvalue weighted by Crippen LogP contribution is 2.16. The second-order valence-electron chi connectivity index (χ2n) is 4.78. The Hall–Kier alpha value is -0.810. The largest absolute Gasteiger partial charge is 0.447 e. The van der Waals surface area contributed by atoms with Crippen molar-refractivity contribution in [1.29, 1.82) is 0 Å². The van der Waals surface area contributed by atoms with Crippen LogP contribution in [0.1, 0.15) is 13.8 Å². The third-order valence-electron chi connectivity index (χ3n) is 3.12. The number of ether oxygens (including phenoxy) is 1. The summed E-state index contributed by atoms with van der Waals surface area (Å²) >= 11 is 0. The van der Waals surface area contributed by atoms with Crippen LogP contribution in [0.4, 0.5) is 4.79 Å². The third-order valence-corrected chi connectivity index (χ3v) is 3.12. The number of piperazine rings is 1. The van der Waals surface area contributed by atoms with Crippen LogP contribution in [0.2, 0.25) is 0 Å². The van der Waals surface area contributed by atoms with E-state index in [9.17, 15) is 4.79 Å². The molecule has 92 valence electrons. The fourth-order valence-corrected chi connectivity index (χ4v) is 2.16. The lowest BCUT2D eigenvalue weighted by Gasteiger charge is -2.46. The van der Waals surface area contributed by atoms with Gasteiger partial charge >= 0.3 is 6.09 Å². The van der Waals surface area contributed by atoms with Crippen LogP contribution in [0.3, 0.4) is 0 Å². The van der Waals surface area contributed by atoms with Gasteiger partial charge in [0.25, 0.3) is 0 Å². The van der Waals surface area contributed by atoms with Gasteiger partial charge in [-0.1, -0.05) is 0 Å². The molecule has 0 aliphatic carbocycles. The van der Waals surface area contributed by atoms with Crippen LogP contribution in [-0.4, -0.2) is 67.3 Å². The Morgan fingerprint density at radius 1 is 1.31 bits per heavy atom. The van der Waals surface area contributed by atoms with Crippen molar-refractivity contribution >= 4 is 6.09 Å². The van der Waals surface area contributed by atoms with Crippen molar-refractivity contribution in [3.05, 3.63) is 0 Å². The summed E-state index contributed by atoms with van der Waals surface area (Å²) in [4.78, 5) is 15.8. The zero-order valence-corrected chi connectivity index (χ0v) is 10.1. The Morgan fingerprint density at radius 3 is 2.50 bits per heavy atom. The number of carbonyl (C=O) groups excluding carboxylic acids is 1. The first-order valence-electron chi connectivity index (χ1n) is 6.07. The van der Waals surface area contributed by atoms with Gasteiger partial charge in [-0.2, -0.15) is 0 Å². The summed E-state index contributed by atoms with van der Waals surface area (Å²) in [6.45, 7) is 9.73. The fourth-order valence-electron chi connectivity index (χ4n) is 2.16. The first-order valence-corrected chi connectivity index (χ1v) is 6.07. The van der Waals surface area contributed by atoms with Gasteiger partial charge in [-0.3, -0.25) is 4.90 Å². The Balaban J connectivity index is 1.70. The first kappa shape index (κ1) is 11.7. The van der Waals surface area contributed by atoms with Gasteiger partial charge in [-0.25, -0.2) is 4.79 Å². The van der Waals surface area contributed by atoms with Gasteiger partial charge in [0, 0.05) is 45.3 Å². The molecule has 0 unspecified atom stereocenters. The van der Waals surface area contributed by atoms with E-state index in [4.69, 9.17) is 4.74 Å². The van der Waals surface area contributed by atoms with Crippen molar-refractivity contribution in [2.45, 2.75) is 26.0 Å². The van der Waals surface area contributed by atoms with Crippen molar-refractivity contribution in [2.24, 2.45) is 0 Å². The number of hydrogen-bond acceptors (Lipinski definition) is 4. The smallest absolute Gasteiger partial charge is 0.410 e. The Labute approximate surface area is 96.7 Å². The summed E-state index contributed by atoms with van der Waals surface area (Å²) in [5.41, 5.74) is 0. The van der Waals surface area contributed by atoms with E-state index in [1.807, 2.05) is 13.8 Å². The van der Waals surface area contributed by atoms with Gasteiger partial charge in [0.05, 0.1) is 6.10 Å². The average molecular weight is 227 g/mol. The Kier molecular flexibility index (Phi) is 3.66. The molecule has 1 N–H and O–H groups in total.